The minimum atomic E-state index is -0.911. The highest BCUT2D eigenvalue weighted by Crippen LogP contribution is 2.59. The summed E-state index contributed by atoms with van der Waals surface area (Å²) in [5.74, 6) is 1.08. The van der Waals surface area contributed by atoms with Crippen LogP contribution >= 0.6 is 0 Å². The van der Waals surface area contributed by atoms with E-state index in [2.05, 4.69) is 45.6 Å². The molecule has 0 aromatic heterocycles. The molecule has 0 aliphatic heterocycles. The van der Waals surface area contributed by atoms with Crippen LogP contribution in [0.5, 0.6) is 0 Å². The van der Waals surface area contributed by atoms with Crippen LogP contribution in [0.25, 0.3) is 0 Å². The molecule has 3 aliphatic rings. The first-order valence-corrected chi connectivity index (χ1v) is 15.1. The molecule has 5 atom stereocenters. The Morgan fingerprint density at radius 1 is 1.05 bits per heavy atom. The average molecular weight is 525 g/mol. The number of carbonyl (C=O) groups excluding carboxylic acids is 2. The van der Waals surface area contributed by atoms with Crippen molar-refractivity contribution in [3.63, 3.8) is 0 Å². The third kappa shape index (κ3) is 6.86. The van der Waals surface area contributed by atoms with E-state index >= 15 is 0 Å². The molecule has 0 saturated heterocycles. The van der Waals surface area contributed by atoms with E-state index in [1.807, 2.05) is 0 Å². The monoisotopic (exact) mass is 524 g/mol. The highest BCUT2D eigenvalue weighted by atomic mass is 16.3. The lowest BCUT2D eigenvalue weighted by Gasteiger charge is -2.43. The quantitative estimate of drug-likeness (QED) is 0.166. The molecular formula is C34H52O4. The van der Waals surface area contributed by atoms with Crippen molar-refractivity contribution in [3.8, 4) is 0 Å². The molecule has 0 aromatic carbocycles. The summed E-state index contributed by atoms with van der Waals surface area (Å²) in [6.07, 6.45) is 17.1. The number of unbranched alkanes of at least 4 members (excludes halogenated alkanes) is 3. The third-order valence-corrected chi connectivity index (χ3v) is 10.1. The molecule has 0 amide bonds. The third-order valence-electron chi connectivity index (χ3n) is 10.1. The average Bonchev–Trinajstić information content (AvgIpc) is 3.24. The maximum absolute atomic E-state index is 13.1. The van der Waals surface area contributed by atoms with Gasteiger partial charge in [-0.1, -0.05) is 74.6 Å². The van der Waals surface area contributed by atoms with E-state index in [1.165, 1.54) is 17.6 Å². The van der Waals surface area contributed by atoms with Crippen molar-refractivity contribution in [2.24, 2.45) is 22.7 Å². The predicted molar refractivity (Wildman–Crippen MR) is 156 cm³/mol. The molecule has 2 N–H and O–H groups in total. The number of hydrogen-bond donors (Lipinski definition) is 2. The van der Waals surface area contributed by atoms with E-state index < -0.39 is 17.6 Å². The maximum atomic E-state index is 13.1. The summed E-state index contributed by atoms with van der Waals surface area (Å²) >= 11 is 0. The topological polar surface area (TPSA) is 74.6 Å². The summed E-state index contributed by atoms with van der Waals surface area (Å²) in [6.45, 7) is 14.2. The summed E-state index contributed by atoms with van der Waals surface area (Å²) in [6, 6.07) is 0. The zero-order valence-electron chi connectivity index (χ0n) is 24.7. The first-order valence-electron chi connectivity index (χ1n) is 15.1. The minimum Gasteiger partial charge on any atom is -0.388 e. The van der Waals surface area contributed by atoms with Crippen LogP contribution in [0, 0.1) is 22.7 Å². The van der Waals surface area contributed by atoms with Crippen LogP contribution in [0.4, 0.5) is 0 Å². The highest BCUT2D eigenvalue weighted by molar-refractivity contribution is 6.06. The summed E-state index contributed by atoms with van der Waals surface area (Å²) in [5, 5.41) is 20.4. The second-order valence-electron chi connectivity index (χ2n) is 13.1. The predicted octanol–water partition coefficient (Wildman–Crippen LogP) is 7.60. The largest absolute Gasteiger partial charge is 0.388 e. The number of fused-ring (bicyclic) bond motifs is 1. The lowest BCUT2D eigenvalue weighted by molar-refractivity contribution is -0.138. The van der Waals surface area contributed by atoms with E-state index in [0.29, 0.717) is 43.1 Å². The Balaban J connectivity index is 1.66. The second kappa shape index (κ2) is 13.0. The number of rotatable bonds is 11. The Bertz CT molecular complexity index is 964. The Morgan fingerprint density at radius 2 is 1.74 bits per heavy atom. The van der Waals surface area contributed by atoms with Gasteiger partial charge < -0.3 is 10.2 Å². The van der Waals surface area contributed by atoms with Crippen molar-refractivity contribution in [3.05, 3.63) is 47.1 Å². The van der Waals surface area contributed by atoms with Gasteiger partial charge in [-0.15, -0.1) is 0 Å². The first kappa shape index (κ1) is 30.8. The fourth-order valence-corrected chi connectivity index (χ4v) is 7.24. The standard InChI is InChI=1S/C34H52O4/c1-7-8-9-10-13-31(37)33(4,5)32(38)19-14-23(2)27-17-18-28-26(12-11-20-34(27,28)6)16-15-25-21-29(35)24(3)30(36)22-25/h14-16,27-30,35-36H,3,7-13,17-22H2,1-2,4-6H3/t27-,28+,29-,30-,34-/m1/s1. The number of hydrogen-bond acceptors (Lipinski definition) is 4. The van der Waals surface area contributed by atoms with Gasteiger partial charge in [0.15, 0.2) is 0 Å². The van der Waals surface area contributed by atoms with E-state index in [4.69, 9.17) is 0 Å². The molecule has 0 radical (unpaired) electrons. The number of aliphatic hydroxyl groups excluding tert-OH is 2. The van der Waals surface area contributed by atoms with Gasteiger partial charge in [0, 0.05) is 12.8 Å². The van der Waals surface area contributed by atoms with Gasteiger partial charge in [-0.05, 0) is 95.0 Å². The zero-order valence-corrected chi connectivity index (χ0v) is 24.7. The number of aliphatic hydroxyl groups is 2. The van der Waals surface area contributed by atoms with Crippen LogP contribution in [0.1, 0.15) is 118 Å². The Kier molecular flexibility index (Phi) is 10.6. The van der Waals surface area contributed by atoms with Gasteiger partial charge in [-0.25, -0.2) is 0 Å². The van der Waals surface area contributed by atoms with E-state index in [-0.39, 0.29) is 17.0 Å². The van der Waals surface area contributed by atoms with Crippen molar-refractivity contribution < 1.29 is 19.8 Å². The molecule has 0 spiro atoms. The van der Waals surface area contributed by atoms with E-state index in [0.717, 1.165) is 56.9 Å². The smallest absolute Gasteiger partial charge is 0.149 e. The van der Waals surface area contributed by atoms with Gasteiger partial charge >= 0.3 is 0 Å². The van der Waals surface area contributed by atoms with Crippen LogP contribution in [0.15, 0.2) is 47.1 Å². The van der Waals surface area contributed by atoms with Gasteiger partial charge in [0.2, 0.25) is 0 Å². The molecule has 3 fully saturated rings. The van der Waals surface area contributed by atoms with Crippen molar-refractivity contribution in [1.29, 1.82) is 0 Å². The van der Waals surface area contributed by atoms with Crippen LogP contribution < -0.4 is 0 Å². The minimum absolute atomic E-state index is 0.0347. The van der Waals surface area contributed by atoms with Gasteiger partial charge in [-0.3, -0.25) is 9.59 Å². The van der Waals surface area contributed by atoms with Crippen LogP contribution in [-0.2, 0) is 9.59 Å². The molecule has 4 heteroatoms. The molecular weight excluding hydrogens is 472 g/mol. The molecule has 0 unspecified atom stereocenters. The molecule has 0 bridgehead atoms. The summed E-state index contributed by atoms with van der Waals surface area (Å²) < 4.78 is 0. The van der Waals surface area contributed by atoms with Crippen molar-refractivity contribution >= 4 is 11.6 Å². The van der Waals surface area contributed by atoms with Crippen molar-refractivity contribution in [2.45, 2.75) is 130 Å². The number of Topliss-reactive ketones (excluding diaryl/α,β-unsaturated/α-hetero) is 2. The Labute approximate surface area is 231 Å². The summed E-state index contributed by atoms with van der Waals surface area (Å²) in [4.78, 5) is 25.9. The van der Waals surface area contributed by atoms with Gasteiger partial charge in [0.05, 0.1) is 17.6 Å². The Hall–Kier alpha value is -1.78. The van der Waals surface area contributed by atoms with Crippen LogP contribution in [0.3, 0.4) is 0 Å². The number of allylic oxidation sites excluding steroid dienone is 5. The second-order valence-corrected chi connectivity index (χ2v) is 13.1. The molecule has 3 rings (SSSR count). The SMILES string of the molecule is C=C1[C@H](O)CC(=CC=C2CCC[C@]3(C)[C@@H](C(C)=CCC(=O)C(C)(C)C(=O)CCCCCC)CC[C@@H]23)C[C@H]1O. The highest BCUT2D eigenvalue weighted by Gasteiger charge is 2.49. The van der Waals surface area contributed by atoms with Gasteiger partial charge in [0.1, 0.15) is 11.6 Å². The van der Waals surface area contributed by atoms with Crippen LogP contribution in [0.2, 0.25) is 0 Å². The molecule has 3 aliphatic carbocycles. The molecule has 3 saturated carbocycles. The molecule has 212 valence electrons. The fourth-order valence-electron chi connectivity index (χ4n) is 7.24. The van der Waals surface area contributed by atoms with Crippen LogP contribution in [-0.4, -0.2) is 34.0 Å². The number of ketones is 2. The maximum Gasteiger partial charge on any atom is 0.149 e. The van der Waals surface area contributed by atoms with Gasteiger partial charge in [0.25, 0.3) is 0 Å². The molecule has 0 heterocycles. The lowest BCUT2D eigenvalue weighted by Crippen LogP contribution is -2.34. The normalized spacial score (nSPS) is 31.4. The Morgan fingerprint density at radius 3 is 2.39 bits per heavy atom. The van der Waals surface area contributed by atoms with Gasteiger partial charge in [-0.2, -0.15) is 0 Å². The molecule has 38 heavy (non-hydrogen) atoms. The van der Waals surface area contributed by atoms with E-state index in [9.17, 15) is 19.8 Å². The first-order chi connectivity index (χ1) is 17.9. The zero-order chi connectivity index (χ0) is 28.1. The summed E-state index contributed by atoms with van der Waals surface area (Å²) in [5.41, 5.74) is 3.66. The van der Waals surface area contributed by atoms with E-state index in [1.54, 1.807) is 13.8 Å². The fraction of sp³-hybridized carbons (Fsp3) is 0.706. The lowest BCUT2D eigenvalue weighted by atomic mass is 9.62. The number of carbonyl (C=O) groups is 2. The van der Waals surface area contributed by atoms with Crippen molar-refractivity contribution in [1.82, 2.24) is 0 Å². The molecule has 4 nitrogen and oxygen atoms in total. The molecule has 0 aromatic rings. The van der Waals surface area contributed by atoms with Crippen molar-refractivity contribution in [2.75, 3.05) is 0 Å². The summed E-state index contributed by atoms with van der Waals surface area (Å²) in [7, 11) is 0.